The number of hydrogen-bond donors (Lipinski definition) is 0. The number of carbonyl (C=O) groups excluding carboxylic acids is 2. The minimum atomic E-state index is -0.0296. The Bertz CT molecular complexity index is 408. The van der Waals surface area contributed by atoms with Crippen LogP contribution in [-0.2, 0) is 9.59 Å². The van der Waals surface area contributed by atoms with Crippen molar-refractivity contribution in [2.75, 3.05) is 13.1 Å². The Hall–Kier alpha value is -1.58. The first kappa shape index (κ1) is 9.63. The van der Waals surface area contributed by atoms with E-state index in [1.807, 2.05) is 23.6 Å². The molecule has 0 aromatic heterocycles. The van der Waals surface area contributed by atoms with Gasteiger partial charge < -0.3 is 9.80 Å². The molecular weight excluding hydrogens is 204 g/mol. The van der Waals surface area contributed by atoms with Crippen LogP contribution in [0, 0.1) is 0 Å². The molecule has 84 valence electrons. The zero-order chi connectivity index (χ0) is 11.4. The fourth-order valence-electron chi connectivity index (χ4n) is 2.13. The molecule has 0 aromatic rings. The van der Waals surface area contributed by atoms with Gasteiger partial charge in [-0.25, -0.2) is 0 Å². The molecule has 0 unspecified atom stereocenters. The van der Waals surface area contributed by atoms with Crippen LogP contribution in [0.5, 0.6) is 0 Å². The van der Waals surface area contributed by atoms with Gasteiger partial charge in [0.15, 0.2) is 0 Å². The van der Waals surface area contributed by atoms with Crippen LogP contribution >= 0.6 is 0 Å². The van der Waals surface area contributed by atoms with Gasteiger partial charge in [-0.2, -0.15) is 0 Å². The van der Waals surface area contributed by atoms with Gasteiger partial charge >= 0.3 is 0 Å². The summed E-state index contributed by atoms with van der Waals surface area (Å²) in [5, 5.41) is 0. The summed E-state index contributed by atoms with van der Waals surface area (Å²) in [6, 6.07) is 0.802. The average Bonchev–Trinajstić information content (AvgIpc) is 3.10. The van der Waals surface area contributed by atoms with E-state index in [2.05, 4.69) is 0 Å². The van der Waals surface area contributed by atoms with Crippen LogP contribution in [0.3, 0.4) is 0 Å². The lowest BCUT2D eigenvalue weighted by Gasteiger charge is -2.14. The molecule has 2 heterocycles. The first-order valence-corrected chi connectivity index (χ1v) is 5.63. The third kappa shape index (κ3) is 1.37. The molecule has 0 radical (unpaired) electrons. The molecule has 0 spiro atoms. The Labute approximate surface area is 94.2 Å². The zero-order valence-electron chi connectivity index (χ0n) is 9.43. The van der Waals surface area contributed by atoms with Gasteiger partial charge in [-0.15, -0.1) is 0 Å². The van der Waals surface area contributed by atoms with E-state index >= 15 is 0 Å². The van der Waals surface area contributed by atoms with Crippen LogP contribution in [0.4, 0.5) is 0 Å². The summed E-state index contributed by atoms with van der Waals surface area (Å²) >= 11 is 0. The van der Waals surface area contributed by atoms with Crippen LogP contribution in [0.1, 0.15) is 13.8 Å². The fraction of sp³-hybridized carbons (Fsp3) is 0.500. The number of hydrogen-bond acceptors (Lipinski definition) is 4. The van der Waals surface area contributed by atoms with Crippen molar-refractivity contribution in [1.29, 1.82) is 0 Å². The molecule has 0 amide bonds. The predicted octanol–water partition coefficient (Wildman–Crippen LogP) is 0.314. The number of allylic oxidation sites excluding steroid dienone is 2. The molecule has 2 saturated heterocycles. The molecule has 0 aromatic carbocycles. The first-order chi connectivity index (χ1) is 7.58. The molecule has 4 heteroatoms. The van der Waals surface area contributed by atoms with Crippen molar-refractivity contribution in [1.82, 2.24) is 9.80 Å². The maximum Gasteiger partial charge on any atom is 0.204 e. The van der Waals surface area contributed by atoms with Gasteiger partial charge in [0.25, 0.3) is 0 Å². The molecular formula is C12H14N2O2. The van der Waals surface area contributed by atoms with Crippen molar-refractivity contribution in [3.63, 3.8) is 0 Å². The number of rotatable bonds is 2. The van der Waals surface area contributed by atoms with Gasteiger partial charge in [-0.05, 0) is 13.8 Å². The molecule has 4 nitrogen and oxygen atoms in total. The van der Waals surface area contributed by atoms with E-state index in [1.54, 1.807) is 0 Å². The predicted molar refractivity (Wildman–Crippen MR) is 58.5 cm³/mol. The van der Waals surface area contributed by atoms with Crippen molar-refractivity contribution in [3.05, 3.63) is 23.5 Å². The lowest BCUT2D eigenvalue weighted by Crippen LogP contribution is -2.22. The lowest BCUT2D eigenvalue weighted by molar-refractivity contribution is -0.116. The maximum atomic E-state index is 11.9. The highest BCUT2D eigenvalue weighted by Crippen LogP contribution is 2.31. The van der Waals surface area contributed by atoms with E-state index in [-0.39, 0.29) is 11.6 Å². The SMILES string of the molecule is C[C@@H]1CN1C1=CC(=O)C(N2C[C@H]2C)=CC1=O. The number of carbonyl (C=O) groups is 2. The van der Waals surface area contributed by atoms with Gasteiger partial charge in [0.1, 0.15) is 0 Å². The second-order valence-electron chi connectivity index (χ2n) is 4.79. The monoisotopic (exact) mass is 218 g/mol. The Kier molecular flexibility index (Phi) is 1.79. The van der Waals surface area contributed by atoms with Gasteiger partial charge in [0.2, 0.25) is 11.6 Å². The Balaban J connectivity index is 1.83. The topological polar surface area (TPSA) is 40.2 Å². The summed E-state index contributed by atoms with van der Waals surface area (Å²) in [7, 11) is 0. The Morgan fingerprint density at radius 2 is 1.25 bits per heavy atom. The lowest BCUT2D eigenvalue weighted by atomic mass is 10.1. The van der Waals surface area contributed by atoms with E-state index in [0.29, 0.717) is 23.5 Å². The minimum Gasteiger partial charge on any atom is -0.362 e. The summed E-state index contributed by atoms with van der Waals surface area (Å²) in [6.07, 6.45) is 2.98. The standard InChI is InChI=1S/C12H14N2O2/c1-7-5-13(7)9-3-12(16)10(4-11(9)15)14-6-8(14)2/h3-4,7-8H,5-6H2,1-2H3/t7-,8-,13?,14?/m1/s1. The highest BCUT2D eigenvalue weighted by molar-refractivity contribution is 6.19. The third-order valence-corrected chi connectivity index (χ3v) is 3.38. The van der Waals surface area contributed by atoms with E-state index in [9.17, 15) is 9.59 Å². The second-order valence-corrected chi connectivity index (χ2v) is 4.79. The van der Waals surface area contributed by atoms with Gasteiger partial charge in [-0.1, -0.05) is 0 Å². The molecule has 0 N–H and O–H groups in total. The van der Waals surface area contributed by atoms with Gasteiger partial charge in [0, 0.05) is 37.3 Å². The Morgan fingerprint density at radius 3 is 1.50 bits per heavy atom. The largest absolute Gasteiger partial charge is 0.362 e. The van der Waals surface area contributed by atoms with Gasteiger partial charge in [0.05, 0.1) is 11.4 Å². The number of nitrogens with zero attached hydrogens (tertiary/aromatic N) is 2. The molecule has 3 rings (SSSR count). The molecule has 1 aliphatic carbocycles. The molecule has 2 aliphatic heterocycles. The van der Waals surface area contributed by atoms with Crippen LogP contribution < -0.4 is 0 Å². The van der Waals surface area contributed by atoms with Crippen LogP contribution in [0.2, 0.25) is 0 Å². The quantitative estimate of drug-likeness (QED) is 0.494. The zero-order valence-corrected chi connectivity index (χ0v) is 9.43. The molecule has 0 bridgehead atoms. The molecule has 2 atom stereocenters. The van der Waals surface area contributed by atoms with Crippen LogP contribution in [0.15, 0.2) is 23.5 Å². The van der Waals surface area contributed by atoms with Crippen molar-refractivity contribution in [2.24, 2.45) is 0 Å². The minimum absolute atomic E-state index is 0.0296. The van der Waals surface area contributed by atoms with Crippen LogP contribution in [-0.4, -0.2) is 46.5 Å². The van der Waals surface area contributed by atoms with Gasteiger partial charge in [-0.3, -0.25) is 9.59 Å². The normalized spacial score (nSPS) is 32.6. The number of ketones is 2. The highest BCUT2D eigenvalue weighted by Gasteiger charge is 2.40. The Morgan fingerprint density at radius 1 is 0.938 bits per heavy atom. The summed E-state index contributed by atoms with van der Waals surface area (Å²) in [5.74, 6) is -0.0592. The highest BCUT2D eigenvalue weighted by atomic mass is 16.1. The van der Waals surface area contributed by atoms with E-state index in [4.69, 9.17) is 0 Å². The van der Waals surface area contributed by atoms with E-state index < -0.39 is 0 Å². The molecule has 2 fully saturated rings. The maximum absolute atomic E-state index is 11.9. The van der Waals surface area contributed by atoms with Crippen LogP contribution in [0.25, 0.3) is 0 Å². The first-order valence-electron chi connectivity index (χ1n) is 5.63. The van der Waals surface area contributed by atoms with E-state index in [0.717, 1.165) is 13.1 Å². The fourth-order valence-corrected chi connectivity index (χ4v) is 2.13. The average molecular weight is 218 g/mol. The molecule has 0 saturated carbocycles. The summed E-state index contributed by atoms with van der Waals surface area (Å²) in [5.41, 5.74) is 1.13. The summed E-state index contributed by atoms with van der Waals surface area (Å²) in [6.45, 7) is 5.86. The molecule has 3 aliphatic rings. The third-order valence-electron chi connectivity index (χ3n) is 3.38. The molecule has 16 heavy (non-hydrogen) atoms. The van der Waals surface area contributed by atoms with Crippen molar-refractivity contribution >= 4 is 11.6 Å². The smallest absolute Gasteiger partial charge is 0.204 e. The van der Waals surface area contributed by atoms with Crippen molar-refractivity contribution < 1.29 is 9.59 Å². The summed E-state index contributed by atoms with van der Waals surface area (Å²) < 4.78 is 0. The van der Waals surface area contributed by atoms with Crippen molar-refractivity contribution in [2.45, 2.75) is 25.9 Å². The van der Waals surface area contributed by atoms with Crippen molar-refractivity contribution in [3.8, 4) is 0 Å². The second kappa shape index (κ2) is 2.97. The van der Waals surface area contributed by atoms with E-state index in [1.165, 1.54) is 12.2 Å². The summed E-state index contributed by atoms with van der Waals surface area (Å²) in [4.78, 5) is 27.6.